The lowest BCUT2D eigenvalue weighted by Crippen LogP contribution is -2.59. The number of carbonyl (C=O) groups is 1. The molecule has 0 spiro atoms. The summed E-state index contributed by atoms with van der Waals surface area (Å²) < 4.78 is 0. The lowest BCUT2D eigenvalue weighted by molar-refractivity contribution is -0.139. The van der Waals surface area contributed by atoms with Gasteiger partial charge in [0.05, 0.1) is 10.5 Å². The molecule has 4 rings (SSSR count). The van der Waals surface area contributed by atoms with Crippen molar-refractivity contribution < 1.29 is 4.79 Å². The van der Waals surface area contributed by atoms with Gasteiger partial charge in [0.15, 0.2) is 0 Å². The number of carbonyl (C=O) groups excluding carboxylic acids is 1. The monoisotopic (exact) mass is 294 g/mol. The van der Waals surface area contributed by atoms with Gasteiger partial charge in [0.2, 0.25) is 5.91 Å². The molecular weight excluding hydrogens is 268 g/mol. The number of hydrogen-bond donors (Lipinski definition) is 2. The number of nitrogens with one attached hydrogen (secondary N) is 1. The van der Waals surface area contributed by atoms with Crippen LogP contribution in [0.3, 0.4) is 0 Å². The molecule has 0 radical (unpaired) electrons. The van der Waals surface area contributed by atoms with Crippen molar-refractivity contribution in [3.05, 3.63) is 0 Å². The molecule has 0 aromatic heterocycles. The Bertz CT molecular complexity index is 408. The minimum Gasteiger partial charge on any atom is -0.391 e. The van der Waals surface area contributed by atoms with Gasteiger partial charge in [0.25, 0.3) is 0 Å². The summed E-state index contributed by atoms with van der Waals surface area (Å²) in [6, 6.07) is 0. The minimum absolute atomic E-state index is 0.205. The van der Waals surface area contributed by atoms with Crippen LogP contribution in [0.15, 0.2) is 0 Å². The summed E-state index contributed by atoms with van der Waals surface area (Å²) in [5, 5.41) is 3.17. The fraction of sp³-hybridized carbons (Fsp3) is 0.875. The molecule has 4 bridgehead atoms. The smallest absolute Gasteiger partial charge is 0.224 e. The molecule has 4 heteroatoms. The quantitative estimate of drug-likeness (QED) is 0.784. The molecule has 1 amide bonds. The maximum Gasteiger partial charge on any atom is 0.224 e. The van der Waals surface area contributed by atoms with Crippen LogP contribution in [-0.4, -0.2) is 16.4 Å². The fourth-order valence-electron chi connectivity index (χ4n) is 5.03. The summed E-state index contributed by atoms with van der Waals surface area (Å²) in [5.41, 5.74) is 5.29. The molecule has 4 aliphatic carbocycles. The molecule has 1 unspecified atom stereocenters. The van der Waals surface area contributed by atoms with Crippen LogP contribution in [0, 0.1) is 29.6 Å². The lowest BCUT2D eigenvalue weighted by atomic mass is 9.51. The molecule has 112 valence electrons. The first-order valence-corrected chi connectivity index (χ1v) is 8.45. The van der Waals surface area contributed by atoms with Crippen LogP contribution in [0.4, 0.5) is 0 Å². The van der Waals surface area contributed by atoms with E-state index in [1.807, 2.05) is 13.8 Å². The average Bonchev–Trinajstić information content (AvgIpc) is 2.36. The summed E-state index contributed by atoms with van der Waals surface area (Å²) in [5.74, 6) is 3.43. The highest BCUT2D eigenvalue weighted by Gasteiger charge is 2.51. The van der Waals surface area contributed by atoms with Crippen molar-refractivity contribution in [3.8, 4) is 0 Å². The van der Waals surface area contributed by atoms with E-state index < -0.39 is 5.54 Å². The molecule has 1 atom stereocenters. The van der Waals surface area contributed by atoms with Gasteiger partial charge in [-0.25, -0.2) is 0 Å². The van der Waals surface area contributed by atoms with E-state index in [2.05, 4.69) is 5.32 Å². The van der Waals surface area contributed by atoms with Gasteiger partial charge in [-0.15, -0.1) is 0 Å². The van der Waals surface area contributed by atoms with Crippen molar-refractivity contribution in [2.45, 2.75) is 57.9 Å². The third-order valence-electron chi connectivity index (χ3n) is 6.18. The van der Waals surface area contributed by atoms with Gasteiger partial charge in [-0.3, -0.25) is 4.79 Å². The molecule has 3 N–H and O–H groups in total. The maximum atomic E-state index is 12.8. The second-order valence-electron chi connectivity index (χ2n) is 7.50. The van der Waals surface area contributed by atoms with Crippen LogP contribution in [0.1, 0.15) is 52.4 Å². The normalized spacial score (nSPS) is 41.2. The summed E-state index contributed by atoms with van der Waals surface area (Å²) in [7, 11) is 0. The number of nitrogens with two attached hydrogens (primary N) is 1. The summed E-state index contributed by atoms with van der Waals surface area (Å²) >= 11 is 5.14. The predicted octanol–water partition coefficient (Wildman–Crippen LogP) is 2.63. The van der Waals surface area contributed by atoms with Gasteiger partial charge in [0, 0.05) is 5.92 Å². The van der Waals surface area contributed by atoms with Crippen LogP contribution in [0.5, 0.6) is 0 Å². The van der Waals surface area contributed by atoms with Gasteiger partial charge < -0.3 is 11.1 Å². The van der Waals surface area contributed by atoms with Crippen LogP contribution in [-0.2, 0) is 4.79 Å². The number of hydrogen-bond acceptors (Lipinski definition) is 2. The molecule has 4 aliphatic rings. The van der Waals surface area contributed by atoms with E-state index in [9.17, 15) is 4.79 Å². The Morgan fingerprint density at radius 2 is 1.70 bits per heavy atom. The fourth-order valence-corrected chi connectivity index (χ4v) is 5.23. The van der Waals surface area contributed by atoms with Gasteiger partial charge in [-0.2, -0.15) is 0 Å². The van der Waals surface area contributed by atoms with Gasteiger partial charge >= 0.3 is 0 Å². The van der Waals surface area contributed by atoms with Crippen molar-refractivity contribution >= 4 is 23.1 Å². The van der Waals surface area contributed by atoms with E-state index >= 15 is 0 Å². The second-order valence-corrected chi connectivity index (χ2v) is 7.94. The van der Waals surface area contributed by atoms with Crippen LogP contribution < -0.4 is 11.1 Å². The number of thiocarbonyl (C=S) groups is 1. The number of rotatable bonds is 4. The highest BCUT2D eigenvalue weighted by molar-refractivity contribution is 7.80. The molecule has 0 aliphatic heterocycles. The SMILES string of the molecule is CCC(C)(NC(=O)C1C2CC3CC(C2)CC1C3)C(N)=S. The Morgan fingerprint density at radius 1 is 1.20 bits per heavy atom. The zero-order valence-corrected chi connectivity index (χ0v) is 13.3. The second kappa shape index (κ2) is 4.97. The zero-order chi connectivity index (χ0) is 14.5. The lowest BCUT2D eigenvalue weighted by Gasteiger charge is -2.54. The third-order valence-corrected chi connectivity index (χ3v) is 6.63. The van der Waals surface area contributed by atoms with Crippen molar-refractivity contribution in [1.29, 1.82) is 0 Å². The van der Waals surface area contributed by atoms with E-state index in [-0.39, 0.29) is 11.8 Å². The highest BCUT2D eigenvalue weighted by atomic mass is 32.1. The average molecular weight is 294 g/mol. The van der Waals surface area contributed by atoms with E-state index in [1.54, 1.807) is 0 Å². The molecule has 0 aromatic rings. The molecule has 4 fully saturated rings. The minimum atomic E-state index is -0.527. The van der Waals surface area contributed by atoms with Gasteiger partial charge in [-0.05, 0) is 69.1 Å². The molecule has 3 nitrogen and oxygen atoms in total. The Balaban J connectivity index is 1.73. The zero-order valence-electron chi connectivity index (χ0n) is 12.5. The van der Waals surface area contributed by atoms with Crippen LogP contribution in [0.25, 0.3) is 0 Å². The van der Waals surface area contributed by atoms with Crippen molar-refractivity contribution in [3.63, 3.8) is 0 Å². The molecule has 0 aromatic carbocycles. The van der Waals surface area contributed by atoms with Crippen molar-refractivity contribution in [1.82, 2.24) is 5.32 Å². The topological polar surface area (TPSA) is 55.1 Å². The maximum absolute atomic E-state index is 12.8. The van der Waals surface area contributed by atoms with E-state index in [1.165, 1.54) is 32.1 Å². The Morgan fingerprint density at radius 3 is 2.10 bits per heavy atom. The van der Waals surface area contributed by atoms with Crippen LogP contribution >= 0.6 is 12.2 Å². The van der Waals surface area contributed by atoms with Gasteiger partial charge in [0.1, 0.15) is 0 Å². The van der Waals surface area contributed by atoms with E-state index in [0.717, 1.165) is 18.3 Å². The van der Waals surface area contributed by atoms with Crippen molar-refractivity contribution in [2.75, 3.05) is 0 Å². The summed E-state index contributed by atoms with van der Waals surface area (Å²) in [6.45, 7) is 3.97. The Labute approximate surface area is 127 Å². The summed E-state index contributed by atoms with van der Waals surface area (Å²) in [4.78, 5) is 13.2. The largest absolute Gasteiger partial charge is 0.391 e. The molecular formula is C16H26N2OS. The highest BCUT2D eigenvalue weighted by Crippen LogP contribution is 2.56. The first-order valence-electron chi connectivity index (χ1n) is 8.05. The standard InChI is InChI=1S/C16H26N2OS/c1-3-16(2,15(17)20)18-14(19)13-11-5-9-4-10(7-11)8-12(13)6-9/h9-13H,3-8H2,1-2H3,(H2,17,20)(H,18,19). The number of amides is 1. The van der Waals surface area contributed by atoms with E-state index in [0.29, 0.717) is 16.8 Å². The van der Waals surface area contributed by atoms with Crippen LogP contribution in [0.2, 0.25) is 0 Å². The molecule has 20 heavy (non-hydrogen) atoms. The molecule has 0 heterocycles. The predicted molar refractivity (Wildman–Crippen MR) is 84.2 cm³/mol. The Kier molecular flexibility index (Phi) is 3.56. The third kappa shape index (κ3) is 2.26. The molecule has 4 saturated carbocycles. The first kappa shape index (κ1) is 14.3. The Hall–Kier alpha value is -0.640. The molecule has 0 saturated heterocycles. The van der Waals surface area contributed by atoms with Crippen molar-refractivity contribution in [2.24, 2.45) is 35.3 Å². The van der Waals surface area contributed by atoms with Gasteiger partial charge in [-0.1, -0.05) is 19.1 Å². The van der Waals surface area contributed by atoms with E-state index in [4.69, 9.17) is 18.0 Å². The first-order chi connectivity index (χ1) is 9.43. The summed E-state index contributed by atoms with van der Waals surface area (Å²) in [6.07, 6.45) is 7.23.